The van der Waals surface area contributed by atoms with E-state index in [0.717, 1.165) is 32.0 Å². The van der Waals surface area contributed by atoms with Crippen LogP contribution in [-0.4, -0.2) is 6.29 Å². The summed E-state index contributed by atoms with van der Waals surface area (Å²) in [6.07, 6.45) is 4.47. The van der Waals surface area contributed by atoms with Crippen molar-refractivity contribution in [2.24, 2.45) is 0 Å². The van der Waals surface area contributed by atoms with Gasteiger partial charge in [0.2, 0.25) is 0 Å². The molecule has 1 aliphatic rings. The van der Waals surface area contributed by atoms with Crippen LogP contribution in [0.15, 0.2) is 22.7 Å². The van der Waals surface area contributed by atoms with Crippen LogP contribution < -0.4 is 0 Å². The fourth-order valence-corrected chi connectivity index (χ4v) is 2.71. The summed E-state index contributed by atoms with van der Waals surface area (Å²) in [7, 11) is 0. The summed E-state index contributed by atoms with van der Waals surface area (Å²) < 4.78 is 14.3. The Bertz CT molecular complexity index is 383. The van der Waals surface area contributed by atoms with E-state index in [1.807, 2.05) is 0 Å². The molecular formula is C12H12BrFO. The maximum Gasteiger partial charge on any atom is 0.141 e. The molecule has 0 bridgehead atoms. The number of hydrogen-bond donors (Lipinski definition) is 0. The van der Waals surface area contributed by atoms with E-state index < -0.39 is 5.41 Å². The second kappa shape index (κ2) is 4.05. The van der Waals surface area contributed by atoms with Gasteiger partial charge in [-0.2, -0.15) is 0 Å². The fourth-order valence-electron chi connectivity index (χ4n) is 2.34. The van der Waals surface area contributed by atoms with Crippen molar-refractivity contribution in [1.82, 2.24) is 0 Å². The molecule has 1 fully saturated rings. The first-order valence-corrected chi connectivity index (χ1v) is 5.90. The van der Waals surface area contributed by atoms with E-state index in [1.54, 1.807) is 18.2 Å². The van der Waals surface area contributed by atoms with Crippen molar-refractivity contribution in [3.63, 3.8) is 0 Å². The van der Waals surface area contributed by atoms with Crippen molar-refractivity contribution in [2.45, 2.75) is 31.1 Å². The molecule has 0 amide bonds. The molecule has 1 aliphatic carbocycles. The van der Waals surface area contributed by atoms with Gasteiger partial charge in [0, 0.05) is 5.56 Å². The monoisotopic (exact) mass is 270 g/mol. The molecule has 2 rings (SSSR count). The summed E-state index contributed by atoms with van der Waals surface area (Å²) in [5, 5.41) is 0. The van der Waals surface area contributed by atoms with E-state index in [9.17, 15) is 9.18 Å². The third kappa shape index (κ3) is 1.73. The van der Waals surface area contributed by atoms with Crippen LogP contribution in [0.4, 0.5) is 4.39 Å². The van der Waals surface area contributed by atoms with E-state index in [1.165, 1.54) is 0 Å². The largest absolute Gasteiger partial charge is 0.302 e. The van der Waals surface area contributed by atoms with Gasteiger partial charge in [-0.25, -0.2) is 4.39 Å². The minimum Gasteiger partial charge on any atom is -0.302 e. The Labute approximate surface area is 96.8 Å². The van der Waals surface area contributed by atoms with Gasteiger partial charge in [-0.15, -0.1) is 0 Å². The molecule has 0 saturated heterocycles. The first-order chi connectivity index (χ1) is 7.19. The molecule has 1 aromatic rings. The highest BCUT2D eigenvalue weighted by Crippen LogP contribution is 2.41. The molecule has 80 valence electrons. The van der Waals surface area contributed by atoms with Gasteiger partial charge in [0.1, 0.15) is 12.1 Å². The van der Waals surface area contributed by atoms with Crippen molar-refractivity contribution < 1.29 is 9.18 Å². The van der Waals surface area contributed by atoms with Crippen LogP contribution >= 0.6 is 15.9 Å². The molecule has 0 unspecified atom stereocenters. The molecule has 0 N–H and O–H groups in total. The Morgan fingerprint density at radius 2 is 2.00 bits per heavy atom. The minimum atomic E-state index is -0.576. The maximum atomic E-state index is 13.9. The molecule has 0 radical (unpaired) electrons. The summed E-state index contributed by atoms with van der Waals surface area (Å²) in [6, 6.07) is 5.16. The Balaban J connectivity index is 2.51. The molecule has 1 nitrogen and oxygen atoms in total. The van der Waals surface area contributed by atoms with Crippen molar-refractivity contribution >= 4 is 22.2 Å². The van der Waals surface area contributed by atoms with E-state index in [4.69, 9.17) is 0 Å². The predicted octanol–water partition coefficient (Wildman–Crippen LogP) is 3.60. The third-order valence-corrected chi connectivity index (χ3v) is 3.82. The number of carbonyl (C=O) groups excluding carboxylic acids is 1. The first kappa shape index (κ1) is 10.8. The summed E-state index contributed by atoms with van der Waals surface area (Å²) >= 11 is 3.16. The lowest BCUT2D eigenvalue weighted by Crippen LogP contribution is -2.25. The molecule has 15 heavy (non-hydrogen) atoms. The highest BCUT2D eigenvalue weighted by atomic mass is 79.9. The first-order valence-electron chi connectivity index (χ1n) is 5.10. The van der Waals surface area contributed by atoms with Crippen molar-refractivity contribution in [3.05, 3.63) is 34.1 Å². The maximum absolute atomic E-state index is 13.9. The van der Waals surface area contributed by atoms with Gasteiger partial charge >= 0.3 is 0 Å². The number of hydrogen-bond acceptors (Lipinski definition) is 1. The van der Waals surface area contributed by atoms with E-state index in [-0.39, 0.29) is 5.82 Å². The SMILES string of the molecule is O=CC1(c2cccc(Br)c2F)CCCC1. The molecule has 0 aromatic heterocycles. The Morgan fingerprint density at radius 1 is 1.33 bits per heavy atom. The van der Waals surface area contributed by atoms with Gasteiger partial charge in [0.25, 0.3) is 0 Å². The van der Waals surface area contributed by atoms with Crippen molar-refractivity contribution in [1.29, 1.82) is 0 Å². The van der Waals surface area contributed by atoms with E-state index in [2.05, 4.69) is 15.9 Å². The van der Waals surface area contributed by atoms with Gasteiger partial charge in [-0.1, -0.05) is 25.0 Å². The molecule has 3 heteroatoms. The molecule has 1 saturated carbocycles. The molecule has 0 aliphatic heterocycles. The Hall–Kier alpha value is -0.700. The second-order valence-corrected chi connectivity index (χ2v) is 4.94. The summed E-state index contributed by atoms with van der Waals surface area (Å²) in [4.78, 5) is 11.2. The quantitative estimate of drug-likeness (QED) is 0.751. The van der Waals surface area contributed by atoms with Gasteiger partial charge < -0.3 is 4.79 Å². The Kier molecular flexibility index (Phi) is 2.91. The lowest BCUT2D eigenvalue weighted by molar-refractivity contribution is -0.112. The molecule has 0 spiro atoms. The van der Waals surface area contributed by atoms with Crippen molar-refractivity contribution in [3.8, 4) is 0 Å². The smallest absolute Gasteiger partial charge is 0.141 e. The van der Waals surface area contributed by atoms with Gasteiger partial charge in [-0.3, -0.25) is 0 Å². The van der Waals surface area contributed by atoms with Crippen LogP contribution in [0.25, 0.3) is 0 Å². The molecule has 0 atom stereocenters. The number of carbonyl (C=O) groups is 1. The number of rotatable bonds is 2. The zero-order valence-electron chi connectivity index (χ0n) is 8.30. The van der Waals surface area contributed by atoms with Crippen LogP contribution in [0.1, 0.15) is 31.2 Å². The van der Waals surface area contributed by atoms with Gasteiger partial charge in [-0.05, 0) is 34.8 Å². The van der Waals surface area contributed by atoms with Gasteiger partial charge in [0.15, 0.2) is 0 Å². The minimum absolute atomic E-state index is 0.286. The normalized spacial score (nSPS) is 19.1. The lowest BCUT2D eigenvalue weighted by Gasteiger charge is -2.23. The van der Waals surface area contributed by atoms with Crippen LogP contribution in [0.5, 0.6) is 0 Å². The highest BCUT2D eigenvalue weighted by molar-refractivity contribution is 9.10. The lowest BCUT2D eigenvalue weighted by atomic mass is 9.80. The number of halogens is 2. The van der Waals surface area contributed by atoms with Gasteiger partial charge in [0.05, 0.1) is 9.89 Å². The van der Waals surface area contributed by atoms with Crippen molar-refractivity contribution in [2.75, 3.05) is 0 Å². The summed E-state index contributed by atoms with van der Waals surface area (Å²) in [5.74, 6) is -0.286. The topological polar surface area (TPSA) is 17.1 Å². The van der Waals surface area contributed by atoms with Crippen LogP contribution in [0, 0.1) is 5.82 Å². The number of aldehydes is 1. The fraction of sp³-hybridized carbons (Fsp3) is 0.417. The van der Waals surface area contributed by atoms with E-state index in [0.29, 0.717) is 10.0 Å². The molecular weight excluding hydrogens is 259 g/mol. The second-order valence-electron chi connectivity index (χ2n) is 4.08. The average Bonchev–Trinajstić information content (AvgIpc) is 2.72. The predicted molar refractivity (Wildman–Crippen MR) is 60.3 cm³/mol. The average molecular weight is 271 g/mol. The van der Waals surface area contributed by atoms with Crippen LogP contribution in [0.2, 0.25) is 0 Å². The van der Waals surface area contributed by atoms with E-state index >= 15 is 0 Å². The Morgan fingerprint density at radius 3 is 2.60 bits per heavy atom. The van der Waals surface area contributed by atoms with Crippen LogP contribution in [-0.2, 0) is 10.2 Å². The molecule has 1 aromatic carbocycles. The standard InChI is InChI=1S/C12H12BrFO/c13-10-5-3-4-9(11(10)14)12(8-15)6-1-2-7-12/h3-5,8H,1-2,6-7H2. The third-order valence-electron chi connectivity index (χ3n) is 3.21. The van der Waals surface area contributed by atoms with Crippen LogP contribution in [0.3, 0.4) is 0 Å². The molecule has 0 heterocycles. The zero-order valence-corrected chi connectivity index (χ0v) is 9.89. The summed E-state index contributed by atoms with van der Waals surface area (Å²) in [6.45, 7) is 0. The summed E-state index contributed by atoms with van der Waals surface area (Å²) in [5.41, 5.74) is -0.0298. The zero-order chi connectivity index (χ0) is 10.9. The number of benzene rings is 1. The highest BCUT2D eigenvalue weighted by Gasteiger charge is 2.37.